The third-order valence-corrected chi connectivity index (χ3v) is 4.15. The number of amidine groups is 1. The second-order valence-electron chi connectivity index (χ2n) is 4.37. The van der Waals surface area contributed by atoms with E-state index in [1.165, 1.54) is 12.8 Å². The summed E-state index contributed by atoms with van der Waals surface area (Å²) in [6.45, 7) is 3.10. The molecule has 0 amide bonds. The number of thioether (sulfide) groups is 1. The van der Waals surface area contributed by atoms with Gasteiger partial charge in [0, 0.05) is 11.3 Å². The molecular formula is C14H20N2O2S. The van der Waals surface area contributed by atoms with Gasteiger partial charge in [-0.15, -0.1) is 0 Å². The molecule has 1 heterocycles. The summed E-state index contributed by atoms with van der Waals surface area (Å²) in [5.74, 6) is 1.60. The Kier molecular flexibility index (Phi) is 4.96. The fourth-order valence-corrected chi connectivity index (χ4v) is 3.12. The number of benzene rings is 1. The highest BCUT2D eigenvalue weighted by atomic mass is 32.2. The number of anilines is 1. The molecule has 0 spiro atoms. The number of methoxy groups -OCH3 is 2. The Labute approximate surface area is 118 Å². The predicted octanol–water partition coefficient (Wildman–Crippen LogP) is 3.39. The molecule has 104 valence electrons. The molecule has 1 unspecified atom stereocenters. The topological polar surface area (TPSA) is 42.9 Å². The van der Waals surface area contributed by atoms with Gasteiger partial charge in [-0.25, -0.2) is 0 Å². The molecule has 0 aliphatic carbocycles. The number of hydrogen-bond acceptors (Lipinski definition) is 5. The van der Waals surface area contributed by atoms with Crippen molar-refractivity contribution in [2.75, 3.05) is 26.1 Å². The maximum Gasteiger partial charge on any atom is 0.161 e. The van der Waals surface area contributed by atoms with Gasteiger partial charge >= 0.3 is 0 Å². The van der Waals surface area contributed by atoms with E-state index < -0.39 is 0 Å². The van der Waals surface area contributed by atoms with Gasteiger partial charge in [-0.05, 0) is 18.6 Å². The molecule has 0 saturated heterocycles. The molecule has 1 aliphatic rings. The van der Waals surface area contributed by atoms with Gasteiger partial charge in [0.2, 0.25) is 0 Å². The van der Waals surface area contributed by atoms with Crippen molar-refractivity contribution < 1.29 is 9.47 Å². The number of nitrogens with one attached hydrogen (secondary N) is 1. The minimum absolute atomic E-state index is 0.601. The van der Waals surface area contributed by atoms with E-state index in [2.05, 4.69) is 17.2 Å². The molecular weight excluding hydrogens is 260 g/mol. The highest BCUT2D eigenvalue weighted by Gasteiger charge is 2.19. The van der Waals surface area contributed by atoms with Crippen LogP contribution in [0.2, 0.25) is 0 Å². The van der Waals surface area contributed by atoms with E-state index in [0.717, 1.165) is 28.9 Å². The lowest BCUT2D eigenvalue weighted by Crippen LogP contribution is -2.08. The molecule has 1 N–H and O–H groups in total. The number of ether oxygens (including phenoxy) is 2. The van der Waals surface area contributed by atoms with Gasteiger partial charge in [-0.2, -0.15) is 0 Å². The van der Waals surface area contributed by atoms with E-state index in [4.69, 9.17) is 9.47 Å². The van der Waals surface area contributed by atoms with Crippen LogP contribution in [0.25, 0.3) is 0 Å². The Bertz CT molecular complexity index is 463. The lowest BCUT2D eigenvalue weighted by Gasteiger charge is -2.12. The second-order valence-corrected chi connectivity index (χ2v) is 5.65. The van der Waals surface area contributed by atoms with Crippen LogP contribution in [0.4, 0.5) is 5.69 Å². The quantitative estimate of drug-likeness (QED) is 0.898. The average molecular weight is 280 g/mol. The number of rotatable bonds is 5. The maximum absolute atomic E-state index is 5.35. The number of aliphatic imine (C=N–C) groups is 1. The first-order chi connectivity index (χ1) is 9.26. The zero-order valence-electron chi connectivity index (χ0n) is 11.6. The molecule has 1 aromatic rings. The van der Waals surface area contributed by atoms with Crippen molar-refractivity contribution in [3.05, 3.63) is 18.2 Å². The summed E-state index contributed by atoms with van der Waals surface area (Å²) < 4.78 is 10.6. The summed E-state index contributed by atoms with van der Waals surface area (Å²) in [5, 5.41) is 4.90. The third-order valence-electron chi connectivity index (χ3n) is 2.98. The first kappa shape index (κ1) is 14.1. The smallest absolute Gasteiger partial charge is 0.161 e. The highest BCUT2D eigenvalue weighted by Crippen LogP contribution is 2.32. The number of nitrogens with zero attached hydrogens (tertiary/aromatic N) is 1. The Morgan fingerprint density at radius 1 is 1.37 bits per heavy atom. The van der Waals surface area contributed by atoms with Gasteiger partial charge in [-0.3, -0.25) is 4.99 Å². The van der Waals surface area contributed by atoms with Crippen LogP contribution in [0.1, 0.15) is 19.8 Å². The molecule has 19 heavy (non-hydrogen) atoms. The second kappa shape index (κ2) is 6.70. The minimum atomic E-state index is 0.601. The van der Waals surface area contributed by atoms with Gasteiger partial charge in [0.05, 0.1) is 26.5 Å². The zero-order valence-corrected chi connectivity index (χ0v) is 12.4. The summed E-state index contributed by atoms with van der Waals surface area (Å²) >= 11 is 1.81. The fourth-order valence-electron chi connectivity index (χ4n) is 1.99. The Balaban J connectivity index is 2.06. The summed E-state index contributed by atoms with van der Waals surface area (Å²) in [5.41, 5.74) is 0.894. The van der Waals surface area contributed by atoms with Crippen LogP contribution in [0, 0.1) is 0 Å². The molecule has 0 aromatic heterocycles. The van der Waals surface area contributed by atoms with Crippen molar-refractivity contribution in [2.45, 2.75) is 25.0 Å². The van der Waals surface area contributed by atoms with Gasteiger partial charge in [-0.1, -0.05) is 25.1 Å². The maximum atomic E-state index is 5.35. The zero-order chi connectivity index (χ0) is 13.7. The standard InChI is InChI=1S/C14H20N2O2S/c1-4-5-11-9-15-14(19-11)16-12-8-10(17-2)6-7-13(12)18-3/h6-8,11H,4-5,9H2,1-3H3,(H,15,16). The van der Waals surface area contributed by atoms with Crippen LogP contribution >= 0.6 is 11.8 Å². The molecule has 0 fully saturated rings. The summed E-state index contributed by atoms with van der Waals surface area (Å²) in [6.07, 6.45) is 2.40. The Hall–Kier alpha value is -1.36. The van der Waals surface area contributed by atoms with E-state index in [1.807, 2.05) is 18.2 Å². The molecule has 5 heteroatoms. The minimum Gasteiger partial charge on any atom is -0.497 e. The molecule has 4 nitrogen and oxygen atoms in total. The van der Waals surface area contributed by atoms with E-state index in [1.54, 1.807) is 26.0 Å². The van der Waals surface area contributed by atoms with Crippen molar-refractivity contribution >= 4 is 22.6 Å². The van der Waals surface area contributed by atoms with Crippen LogP contribution in [-0.2, 0) is 0 Å². The van der Waals surface area contributed by atoms with Gasteiger partial charge in [0.15, 0.2) is 5.17 Å². The lowest BCUT2D eigenvalue weighted by molar-refractivity contribution is 0.405. The lowest BCUT2D eigenvalue weighted by atomic mass is 10.2. The average Bonchev–Trinajstić information content (AvgIpc) is 2.86. The van der Waals surface area contributed by atoms with Gasteiger partial charge < -0.3 is 14.8 Å². The van der Waals surface area contributed by atoms with Crippen molar-refractivity contribution in [3.63, 3.8) is 0 Å². The Morgan fingerprint density at radius 3 is 2.89 bits per heavy atom. The SMILES string of the molecule is CCCC1CN=C(Nc2cc(OC)ccc2OC)S1. The Morgan fingerprint density at radius 2 is 2.21 bits per heavy atom. The first-order valence-corrected chi connectivity index (χ1v) is 7.35. The normalized spacial score (nSPS) is 18.1. The van der Waals surface area contributed by atoms with E-state index >= 15 is 0 Å². The van der Waals surface area contributed by atoms with Crippen molar-refractivity contribution in [3.8, 4) is 11.5 Å². The third kappa shape index (κ3) is 3.56. The van der Waals surface area contributed by atoms with Crippen molar-refractivity contribution in [2.24, 2.45) is 4.99 Å². The van der Waals surface area contributed by atoms with Crippen LogP contribution in [0.5, 0.6) is 11.5 Å². The van der Waals surface area contributed by atoms with Crippen LogP contribution in [0.15, 0.2) is 23.2 Å². The molecule has 1 aliphatic heterocycles. The molecule has 1 aromatic carbocycles. The van der Waals surface area contributed by atoms with Crippen LogP contribution < -0.4 is 14.8 Å². The van der Waals surface area contributed by atoms with Gasteiger partial charge in [0.25, 0.3) is 0 Å². The van der Waals surface area contributed by atoms with E-state index in [-0.39, 0.29) is 0 Å². The van der Waals surface area contributed by atoms with Crippen molar-refractivity contribution in [1.82, 2.24) is 0 Å². The first-order valence-electron chi connectivity index (χ1n) is 6.47. The van der Waals surface area contributed by atoms with Crippen LogP contribution in [0.3, 0.4) is 0 Å². The molecule has 0 saturated carbocycles. The largest absolute Gasteiger partial charge is 0.497 e. The van der Waals surface area contributed by atoms with E-state index in [9.17, 15) is 0 Å². The number of hydrogen-bond donors (Lipinski definition) is 1. The monoisotopic (exact) mass is 280 g/mol. The summed E-state index contributed by atoms with van der Waals surface area (Å²) in [6, 6.07) is 5.70. The highest BCUT2D eigenvalue weighted by molar-refractivity contribution is 8.15. The predicted molar refractivity (Wildman–Crippen MR) is 81.8 cm³/mol. The molecule has 1 atom stereocenters. The van der Waals surface area contributed by atoms with Crippen LogP contribution in [-0.4, -0.2) is 31.2 Å². The van der Waals surface area contributed by atoms with Crippen molar-refractivity contribution in [1.29, 1.82) is 0 Å². The fraction of sp³-hybridized carbons (Fsp3) is 0.500. The molecule has 0 radical (unpaired) electrons. The van der Waals surface area contributed by atoms with Gasteiger partial charge in [0.1, 0.15) is 11.5 Å². The molecule has 0 bridgehead atoms. The summed E-state index contributed by atoms with van der Waals surface area (Å²) in [4.78, 5) is 4.53. The van der Waals surface area contributed by atoms with E-state index in [0.29, 0.717) is 5.25 Å². The summed E-state index contributed by atoms with van der Waals surface area (Å²) in [7, 11) is 3.32. The molecule has 2 rings (SSSR count).